The first kappa shape index (κ1) is 24.6. The van der Waals surface area contributed by atoms with Gasteiger partial charge >= 0.3 is 0 Å². The number of imide groups is 1. The van der Waals surface area contributed by atoms with E-state index in [9.17, 15) is 14.0 Å². The van der Waals surface area contributed by atoms with E-state index in [1.165, 1.54) is 29.2 Å². The van der Waals surface area contributed by atoms with E-state index in [1.54, 1.807) is 6.08 Å². The lowest BCUT2D eigenvalue weighted by molar-refractivity contribution is -0.123. The number of benzene rings is 3. The Kier molecular flexibility index (Phi) is 7.18. The van der Waals surface area contributed by atoms with Crippen molar-refractivity contribution in [1.82, 2.24) is 9.47 Å². The zero-order chi connectivity index (χ0) is 25.2. The molecule has 0 spiro atoms. The maximum atomic E-state index is 13.1. The normalized spacial score (nSPS) is 14.9. The molecule has 0 unspecified atom stereocenters. The number of nitrogens with zero attached hydrogens (tertiary/aromatic N) is 2. The molecule has 1 fully saturated rings. The van der Waals surface area contributed by atoms with Gasteiger partial charge in [0.1, 0.15) is 18.2 Å². The van der Waals surface area contributed by atoms with Gasteiger partial charge in [-0.2, -0.15) is 0 Å². The fourth-order valence-electron chi connectivity index (χ4n) is 3.97. The van der Waals surface area contributed by atoms with Crippen LogP contribution >= 0.6 is 39.3 Å². The summed E-state index contributed by atoms with van der Waals surface area (Å²) in [6, 6.07) is 19.2. The van der Waals surface area contributed by atoms with Crippen molar-refractivity contribution in [2.24, 2.45) is 0 Å². The highest BCUT2D eigenvalue weighted by atomic mass is 79.9. The molecule has 5 nitrogen and oxygen atoms in total. The van der Waals surface area contributed by atoms with E-state index in [0.717, 1.165) is 38.3 Å². The molecule has 1 saturated heterocycles. The lowest BCUT2D eigenvalue weighted by Crippen LogP contribution is -2.32. The van der Waals surface area contributed by atoms with Gasteiger partial charge in [0.05, 0.1) is 11.4 Å². The summed E-state index contributed by atoms with van der Waals surface area (Å²) in [5.41, 5.74) is 2.79. The lowest BCUT2D eigenvalue weighted by atomic mass is 10.1. The van der Waals surface area contributed by atoms with Crippen LogP contribution in [0.5, 0.6) is 5.75 Å². The van der Waals surface area contributed by atoms with Crippen molar-refractivity contribution in [2.75, 3.05) is 13.2 Å². The zero-order valence-electron chi connectivity index (χ0n) is 18.8. The molecule has 0 saturated carbocycles. The van der Waals surface area contributed by atoms with Gasteiger partial charge in [-0.05, 0) is 71.9 Å². The highest BCUT2D eigenvalue weighted by molar-refractivity contribution is 9.10. The number of hydrogen-bond acceptors (Lipinski definition) is 4. The van der Waals surface area contributed by atoms with Gasteiger partial charge in [0.2, 0.25) is 0 Å². The molecule has 4 aromatic rings. The molecule has 0 aliphatic carbocycles. The Morgan fingerprint density at radius 3 is 2.61 bits per heavy atom. The Hall–Kier alpha value is -3.07. The molecule has 5 rings (SSSR count). The van der Waals surface area contributed by atoms with E-state index in [2.05, 4.69) is 20.5 Å². The standard InChI is InChI=1S/C27H19BrClFN2O3S/c28-19-5-10-24-22(14-19)18(16-31(24)15-17-3-1-2-4-23(17)29)13-25-26(33)32(27(34)36-25)11-12-35-21-8-6-20(30)7-9-21/h1-10,13-14,16H,11-12,15H2/b25-13-. The van der Waals surface area contributed by atoms with Crippen molar-refractivity contribution >= 4 is 67.4 Å². The number of thioether (sulfide) groups is 1. The van der Waals surface area contributed by atoms with Gasteiger partial charge in [-0.3, -0.25) is 14.5 Å². The molecule has 3 aromatic carbocycles. The number of carbonyl (C=O) groups is 2. The molecular formula is C27H19BrClFN2O3S. The van der Waals surface area contributed by atoms with Crippen LogP contribution in [0.4, 0.5) is 9.18 Å². The first-order valence-electron chi connectivity index (χ1n) is 11.0. The minimum absolute atomic E-state index is 0.0964. The van der Waals surface area contributed by atoms with Crippen LogP contribution in [0.15, 0.2) is 82.3 Å². The second-order valence-electron chi connectivity index (χ2n) is 8.10. The van der Waals surface area contributed by atoms with E-state index in [4.69, 9.17) is 16.3 Å². The average Bonchev–Trinajstić information content (AvgIpc) is 3.32. The third-order valence-electron chi connectivity index (χ3n) is 5.73. The Bertz CT molecular complexity index is 1500. The Morgan fingerprint density at radius 2 is 1.83 bits per heavy atom. The smallest absolute Gasteiger partial charge is 0.293 e. The molecule has 0 atom stereocenters. The third kappa shape index (κ3) is 5.21. The summed E-state index contributed by atoms with van der Waals surface area (Å²) < 4.78 is 21.6. The van der Waals surface area contributed by atoms with Gasteiger partial charge in [0, 0.05) is 38.7 Å². The highest BCUT2D eigenvalue weighted by Crippen LogP contribution is 2.35. The summed E-state index contributed by atoms with van der Waals surface area (Å²) in [7, 11) is 0. The van der Waals surface area contributed by atoms with Gasteiger partial charge in [-0.25, -0.2) is 4.39 Å². The fourth-order valence-corrected chi connectivity index (χ4v) is 5.38. The summed E-state index contributed by atoms with van der Waals surface area (Å²) in [5.74, 6) is -0.260. The maximum absolute atomic E-state index is 13.1. The second kappa shape index (κ2) is 10.5. The SMILES string of the molecule is O=C1S/C(=C\c2cn(Cc3ccccc3Cl)c3ccc(Br)cc23)C(=O)N1CCOc1ccc(F)cc1. The Labute approximate surface area is 224 Å². The molecule has 0 radical (unpaired) electrons. The minimum Gasteiger partial charge on any atom is -0.492 e. The quantitative estimate of drug-likeness (QED) is 0.213. The summed E-state index contributed by atoms with van der Waals surface area (Å²) >= 11 is 10.8. The van der Waals surface area contributed by atoms with Crippen LogP contribution in [0, 0.1) is 5.82 Å². The number of carbonyl (C=O) groups excluding carboxylic acids is 2. The van der Waals surface area contributed by atoms with Crippen molar-refractivity contribution in [3.8, 4) is 5.75 Å². The van der Waals surface area contributed by atoms with Crippen molar-refractivity contribution in [1.29, 1.82) is 0 Å². The number of aromatic nitrogens is 1. The van der Waals surface area contributed by atoms with Crippen molar-refractivity contribution in [3.63, 3.8) is 0 Å². The molecule has 1 aromatic heterocycles. The van der Waals surface area contributed by atoms with Crippen molar-refractivity contribution in [3.05, 3.63) is 104 Å². The molecule has 36 heavy (non-hydrogen) atoms. The minimum atomic E-state index is -0.366. The zero-order valence-corrected chi connectivity index (χ0v) is 21.9. The lowest BCUT2D eigenvalue weighted by Gasteiger charge is -2.13. The predicted octanol–water partition coefficient (Wildman–Crippen LogP) is 7.36. The number of rotatable bonds is 7. The molecule has 0 bridgehead atoms. The summed E-state index contributed by atoms with van der Waals surface area (Å²) in [6.45, 7) is 0.772. The predicted molar refractivity (Wildman–Crippen MR) is 145 cm³/mol. The molecule has 182 valence electrons. The van der Waals surface area contributed by atoms with E-state index >= 15 is 0 Å². The Morgan fingerprint density at radius 1 is 1.06 bits per heavy atom. The van der Waals surface area contributed by atoms with Crippen LogP contribution in [-0.2, 0) is 11.3 Å². The van der Waals surface area contributed by atoms with Crippen LogP contribution in [-0.4, -0.2) is 33.8 Å². The topological polar surface area (TPSA) is 51.5 Å². The number of amides is 2. The van der Waals surface area contributed by atoms with Crippen molar-refractivity contribution in [2.45, 2.75) is 6.54 Å². The van der Waals surface area contributed by atoms with Gasteiger partial charge in [-0.1, -0.05) is 45.7 Å². The maximum Gasteiger partial charge on any atom is 0.293 e. The molecule has 2 amide bonds. The van der Waals surface area contributed by atoms with Crippen molar-refractivity contribution < 1.29 is 18.7 Å². The van der Waals surface area contributed by atoms with E-state index in [0.29, 0.717) is 22.2 Å². The Balaban J connectivity index is 1.38. The van der Waals surface area contributed by atoms with E-state index in [1.807, 2.05) is 48.7 Å². The number of hydrogen-bond donors (Lipinski definition) is 0. The first-order valence-corrected chi connectivity index (χ1v) is 13.0. The van der Waals surface area contributed by atoms with Crippen LogP contribution < -0.4 is 4.74 Å². The molecule has 2 heterocycles. The molecule has 0 N–H and O–H groups in total. The van der Waals surface area contributed by atoms with Crippen LogP contribution in [0.3, 0.4) is 0 Å². The summed E-state index contributed by atoms with van der Waals surface area (Å²) in [4.78, 5) is 27.1. The average molecular weight is 586 g/mol. The molecule has 9 heteroatoms. The highest BCUT2D eigenvalue weighted by Gasteiger charge is 2.35. The monoisotopic (exact) mass is 584 g/mol. The van der Waals surface area contributed by atoms with Crippen LogP contribution in [0.1, 0.15) is 11.1 Å². The van der Waals surface area contributed by atoms with Crippen LogP contribution in [0.2, 0.25) is 5.02 Å². The van der Waals surface area contributed by atoms with E-state index < -0.39 is 0 Å². The van der Waals surface area contributed by atoms with Crippen LogP contribution in [0.25, 0.3) is 17.0 Å². The van der Waals surface area contributed by atoms with Gasteiger partial charge in [-0.15, -0.1) is 0 Å². The third-order valence-corrected chi connectivity index (χ3v) is 7.50. The molecular weight excluding hydrogens is 567 g/mol. The van der Waals surface area contributed by atoms with Gasteiger partial charge in [0.25, 0.3) is 11.1 Å². The molecule has 1 aliphatic rings. The summed E-state index contributed by atoms with van der Waals surface area (Å²) in [5, 5.41) is 1.28. The number of fused-ring (bicyclic) bond motifs is 1. The largest absolute Gasteiger partial charge is 0.492 e. The van der Waals surface area contributed by atoms with Gasteiger partial charge < -0.3 is 9.30 Å². The first-order chi connectivity index (χ1) is 17.4. The van der Waals surface area contributed by atoms with E-state index in [-0.39, 0.29) is 30.1 Å². The second-order valence-corrected chi connectivity index (χ2v) is 10.4. The fraction of sp³-hybridized carbons (Fsp3) is 0.111. The molecule has 1 aliphatic heterocycles. The number of halogens is 3. The summed E-state index contributed by atoms with van der Waals surface area (Å²) in [6.07, 6.45) is 3.72. The van der Waals surface area contributed by atoms with Gasteiger partial charge in [0.15, 0.2) is 0 Å². The number of ether oxygens (including phenoxy) is 1.